The van der Waals surface area contributed by atoms with Crippen molar-refractivity contribution >= 4 is 0 Å². The van der Waals surface area contributed by atoms with E-state index in [1.165, 1.54) is 0 Å². The Balaban J connectivity index is 2.17. The Labute approximate surface area is 114 Å². The SMILES string of the molecule is CCC(C)Oc1cccc(-n2ccc(CNC)n2)c1. The predicted octanol–water partition coefficient (Wildman–Crippen LogP) is 2.77. The number of ether oxygens (including phenoxy) is 1. The topological polar surface area (TPSA) is 39.1 Å². The third-order valence-corrected chi connectivity index (χ3v) is 3.00. The van der Waals surface area contributed by atoms with Gasteiger partial charge in [0.1, 0.15) is 5.75 Å². The van der Waals surface area contributed by atoms with Crippen molar-refractivity contribution in [2.75, 3.05) is 7.05 Å². The minimum Gasteiger partial charge on any atom is -0.491 e. The molecule has 1 heterocycles. The van der Waals surface area contributed by atoms with E-state index in [1.807, 2.05) is 48.3 Å². The lowest BCUT2D eigenvalue weighted by Gasteiger charge is -2.13. The molecule has 1 aromatic carbocycles. The largest absolute Gasteiger partial charge is 0.491 e. The van der Waals surface area contributed by atoms with E-state index in [2.05, 4.69) is 24.3 Å². The number of hydrogen-bond acceptors (Lipinski definition) is 3. The third kappa shape index (κ3) is 3.58. The molecule has 4 nitrogen and oxygen atoms in total. The van der Waals surface area contributed by atoms with Crippen molar-refractivity contribution in [1.29, 1.82) is 0 Å². The van der Waals surface area contributed by atoms with Crippen LogP contribution in [0.2, 0.25) is 0 Å². The fraction of sp³-hybridized carbons (Fsp3) is 0.400. The van der Waals surface area contributed by atoms with E-state index in [-0.39, 0.29) is 6.10 Å². The van der Waals surface area contributed by atoms with Crippen LogP contribution < -0.4 is 10.1 Å². The molecule has 1 unspecified atom stereocenters. The summed E-state index contributed by atoms with van der Waals surface area (Å²) in [6.07, 6.45) is 3.19. The second-order valence-electron chi connectivity index (χ2n) is 4.62. The van der Waals surface area contributed by atoms with Crippen LogP contribution in [0.3, 0.4) is 0 Å². The molecule has 0 spiro atoms. The van der Waals surface area contributed by atoms with Gasteiger partial charge in [0.25, 0.3) is 0 Å². The van der Waals surface area contributed by atoms with E-state index < -0.39 is 0 Å². The molecule has 19 heavy (non-hydrogen) atoms. The van der Waals surface area contributed by atoms with Gasteiger partial charge in [0.2, 0.25) is 0 Å². The maximum atomic E-state index is 5.83. The quantitative estimate of drug-likeness (QED) is 0.867. The van der Waals surface area contributed by atoms with Gasteiger partial charge in [0.15, 0.2) is 0 Å². The molecule has 1 atom stereocenters. The highest BCUT2D eigenvalue weighted by molar-refractivity contribution is 5.38. The number of nitrogens with zero attached hydrogens (tertiary/aromatic N) is 2. The minimum absolute atomic E-state index is 0.229. The van der Waals surface area contributed by atoms with Crippen LogP contribution in [0.4, 0.5) is 0 Å². The van der Waals surface area contributed by atoms with Gasteiger partial charge in [-0.15, -0.1) is 0 Å². The molecule has 1 N–H and O–H groups in total. The molecule has 0 saturated heterocycles. The first-order valence-corrected chi connectivity index (χ1v) is 6.69. The highest BCUT2D eigenvalue weighted by atomic mass is 16.5. The molecule has 0 aliphatic heterocycles. The first-order valence-electron chi connectivity index (χ1n) is 6.69. The normalized spacial score (nSPS) is 12.4. The summed E-state index contributed by atoms with van der Waals surface area (Å²) in [7, 11) is 1.92. The molecule has 0 saturated carbocycles. The third-order valence-electron chi connectivity index (χ3n) is 3.00. The van der Waals surface area contributed by atoms with E-state index in [4.69, 9.17) is 4.74 Å². The molecule has 0 aliphatic rings. The van der Waals surface area contributed by atoms with Gasteiger partial charge in [0.05, 0.1) is 17.5 Å². The van der Waals surface area contributed by atoms with Crippen molar-refractivity contribution in [2.24, 2.45) is 0 Å². The second kappa shape index (κ2) is 6.38. The number of aromatic nitrogens is 2. The fourth-order valence-electron chi connectivity index (χ4n) is 1.80. The van der Waals surface area contributed by atoms with Gasteiger partial charge in [-0.05, 0) is 38.6 Å². The summed E-state index contributed by atoms with van der Waals surface area (Å²) >= 11 is 0. The van der Waals surface area contributed by atoms with E-state index >= 15 is 0 Å². The van der Waals surface area contributed by atoms with Crippen LogP contribution in [0.25, 0.3) is 5.69 Å². The van der Waals surface area contributed by atoms with Crippen LogP contribution in [0.1, 0.15) is 26.0 Å². The fourth-order valence-corrected chi connectivity index (χ4v) is 1.80. The Bertz CT molecular complexity index is 522. The van der Waals surface area contributed by atoms with Crippen LogP contribution >= 0.6 is 0 Å². The Morgan fingerprint density at radius 2 is 2.21 bits per heavy atom. The van der Waals surface area contributed by atoms with Gasteiger partial charge in [-0.2, -0.15) is 5.10 Å². The van der Waals surface area contributed by atoms with Crippen molar-refractivity contribution < 1.29 is 4.74 Å². The van der Waals surface area contributed by atoms with Gasteiger partial charge in [-0.1, -0.05) is 13.0 Å². The number of nitrogens with one attached hydrogen (secondary N) is 1. The molecular formula is C15H21N3O. The second-order valence-corrected chi connectivity index (χ2v) is 4.62. The smallest absolute Gasteiger partial charge is 0.121 e. The van der Waals surface area contributed by atoms with Crippen molar-refractivity contribution in [3.63, 3.8) is 0 Å². The zero-order chi connectivity index (χ0) is 13.7. The Morgan fingerprint density at radius 3 is 2.95 bits per heavy atom. The zero-order valence-electron chi connectivity index (χ0n) is 11.8. The van der Waals surface area contributed by atoms with Crippen molar-refractivity contribution in [3.8, 4) is 11.4 Å². The van der Waals surface area contributed by atoms with Crippen LogP contribution in [0.5, 0.6) is 5.75 Å². The van der Waals surface area contributed by atoms with Crippen molar-refractivity contribution in [3.05, 3.63) is 42.2 Å². The molecule has 102 valence electrons. The summed E-state index contributed by atoms with van der Waals surface area (Å²) in [5.41, 5.74) is 2.04. The number of hydrogen-bond donors (Lipinski definition) is 1. The molecule has 0 radical (unpaired) electrons. The lowest BCUT2D eigenvalue weighted by atomic mass is 10.3. The summed E-state index contributed by atoms with van der Waals surface area (Å²) in [6, 6.07) is 10.0. The Hall–Kier alpha value is -1.81. The maximum absolute atomic E-state index is 5.83. The standard InChI is InChI=1S/C15H21N3O/c1-4-12(2)19-15-7-5-6-14(10-15)18-9-8-13(17-18)11-16-3/h5-10,12,16H,4,11H2,1-3H3. The average Bonchev–Trinajstić information content (AvgIpc) is 2.88. The molecule has 1 aromatic heterocycles. The van der Waals surface area contributed by atoms with Crippen LogP contribution in [-0.2, 0) is 6.54 Å². The Kier molecular flexibility index (Phi) is 4.58. The van der Waals surface area contributed by atoms with E-state index in [0.717, 1.165) is 30.1 Å². The molecule has 0 bridgehead atoms. The molecule has 0 fully saturated rings. The molecule has 0 amide bonds. The summed E-state index contributed by atoms with van der Waals surface area (Å²) in [4.78, 5) is 0. The highest BCUT2D eigenvalue weighted by Gasteiger charge is 2.04. The molecule has 4 heteroatoms. The number of benzene rings is 1. The van der Waals surface area contributed by atoms with E-state index in [9.17, 15) is 0 Å². The predicted molar refractivity (Wildman–Crippen MR) is 76.7 cm³/mol. The van der Waals surface area contributed by atoms with Crippen LogP contribution in [0, 0.1) is 0 Å². The van der Waals surface area contributed by atoms with Gasteiger partial charge in [0, 0.05) is 18.8 Å². The summed E-state index contributed by atoms with van der Waals surface area (Å²) in [5.74, 6) is 0.887. The number of rotatable bonds is 6. The van der Waals surface area contributed by atoms with E-state index in [0.29, 0.717) is 0 Å². The maximum Gasteiger partial charge on any atom is 0.121 e. The lowest BCUT2D eigenvalue weighted by Crippen LogP contribution is -2.10. The van der Waals surface area contributed by atoms with Gasteiger partial charge in [-0.3, -0.25) is 0 Å². The van der Waals surface area contributed by atoms with Crippen LogP contribution in [-0.4, -0.2) is 22.9 Å². The summed E-state index contributed by atoms with van der Waals surface area (Å²) < 4.78 is 7.70. The zero-order valence-corrected chi connectivity index (χ0v) is 11.8. The monoisotopic (exact) mass is 259 g/mol. The molecule has 0 aliphatic carbocycles. The average molecular weight is 259 g/mol. The highest BCUT2D eigenvalue weighted by Crippen LogP contribution is 2.18. The Morgan fingerprint density at radius 1 is 1.37 bits per heavy atom. The van der Waals surface area contributed by atoms with Gasteiger partial charge in [-0.25, -0.2) is 4.68 Å². The molecular weight excluding hydrogens is 238 g/mol. The first-order chi connectivity index (χ1) is 9.22. The molecule has 2 rings (SSSR count). The van der Waals surface area contributed by atoms with Crippen molar-refractivity contribution in [1.82, 2.24) is 15.1 Å². The first kappa shape index (κ1) is 13.6. The van der Waals surface area contributed by atoms with Crippen molar-refractivity contribution in [2.45, 2.75) is 32.9 Å². The van der Waals surface area contributed by atoms with Crippen LogP contribution in [0.15, 0.2) is 36.5 Å². The van der Waals surface area contributed by atoms with Gasteiger partial charge >= 0.3 is 0 Å². The minimum atomic E-state index is 0.229. The van der Waals surface area contributed by atoms with E-state index in [1.54, 1.807) is 0 Å². The summed E-state index contributed by atoms with van der Waals surface area (Å²) in [5, 5.41) is 7.60. The lowest BCUT2D eigenvalue weighted by molar-refractivity contribution is 0.217. The summed E-state index contributed by atoms with van der Waals surface area (Å²) in [6.45, 7) is 4.97. The molecule has 2 aromatic rings. The van der Waals surface area contributed by atoms with Gasteiger partial charge < -0.3 is 10.1 Å².